The number of nitrogens with zero attached hydrogens (tertiary/aromatic N) is 4. The molecule has 1 aromatic heterocycles. The van der Waals surface area contributed by atoms with E-state index in [1.807, 2.05) is 78.9 Å². The van der Waals surface area contributed by atoms with Crippen molar-refractivity contribution in [3.8, 4) is 17.6 Å². The number of benzene rings is 3. The maximum atomic E-state index is 13.1. The van der Waals surface area contributed by atoms with Gasteiger partial charge in [-0.05, 0) is 68.7 Å². The SMILES string of the molecule is COc1ccc(C(OCC2CN(P(OCCC#N)N(C(C)C)C(C)C)CC(n3ccc(=O)[nH]c3=O)O2)(c2ccccc2)c2ccc(OC)cc2)cc1. The Hall–Kier alpha value is -4.34. The number of methoxy groups -OCH3 is 2. The Bertz CT molecular complexity index is 1820. The summed E-state index contributed by atoms with van der Waals surface area (Å²) in [6.07, 6.45) is 0.372. The van der Waals surface area contributed by atoms with Gasteiger partial charge in [0.2, 0.25) is 0 Å². The first kappa shape index (κ1) is 38.9. The van der Waals surface area contributed by atoms with Crippen LogP contribution < -0.4 is 20.7 Å². The first-order valence-electron chi connectivity index (χ1n) is 17.4. The molecule has 3 unspecified atom stereocenters. The molecule has 12 nitrogen and oxygen atoms in total. The molecule has 0 aliphatic carbocycles. The lowest BCUT2D eigenvalue weighted by molar-refractivity contribution is -0.145. The van der Waals surface area contributed by atoms with Gasteiger partial charge in [-0.3, -0.25) is 14.3 Å². The van der Waals surface area contributed by atoms with Gasteiger partial charge in [-0.2, -0.15) is 5.26 Å². The van der Waals surface area contributed by atoms with Crippen molar-refractivity contribution in [2.45, 2.75) is 64.1 Å². The zero-order chi connectivity index (χ0) is 37.3. The normalized spacial score (nSPS) is 17.3. The minimum Gasteiger partial charge on any atom is -0.497 e. The molecule has 0 bridgehead atoms. The second-order valence-electron chi connectivity index (χ2n) is 13.0. The van der Waals surface area contributed by atoms with Crippen molar-refractivity contribution in [3.63, 3.8) is 0 Å². The van der Waals surface area contributed by atoms with Gasteiger partial charge in [0.05, 0.1) is 52.6 Å². The van der Waals surface area contributed by atoms with Gasteiger partial charge in [0.15, 0.2) is 14.7 Å². The maximum absolute atomic E-state index is 13.1. The van der Waals surface area contributed by atoms with Crippen LogP contribution in [0.5, 0.6) is 11.5 Å². The number of nitriles is 1. The Labute approximate surface area is 306 Å². The van der Waals surface area contributed by atoms with Crippen molar-refractivity contribution in [1.82, 2.24) is 18.9 Å². The molecular formula is C39H48N5O7P. The monoisotopic (exact) mass is 729 g/mol. The summed E-state index contributed by atoms with van der Waals surface area (Å²) in [6.45, 7) is 9.56. The smallest absolute Gasteiger partial charge is 0.330 e. The highest BCUT2D eigenvalue weighted by Gasteiger charge is 2.42. The number of hydrogen-bond donors (Lipinski definition) is 1. The van der Waals surface area contributed by atoms with E-state index >= 15 is 0 Å². The molecular weight excluding hydrogens is 681 g/mol. The van der Waals surface area contributed by atoms with Crippen molar-refractivity contribution in [2.24, 2.45) is 0 Å². The second kappa shape index (κ2) is 17.9. The molecule has 3 aromatic carbocycles. The molecule has 4 aromatic rings. The van der Waals surface area contributed by atoms with Crippen molar-refractivity contribution in [3.05, 3.63) is 129 Å². The largest absolute Gasteiger partial charge is 0.497 e. The number of aromatic amines is 1. The second-order valence-corrected chi connectivity index (χ2v) is 14.8. The average Bonchev–Trinajstić information content (AvgIpc) is 3.15. The van der Waals surface area contributed by atoms with Gasteiger partial charge in [-0.25, -0.2) is 14.1 Å². The molecule has 3 atom stereocenters. The minimum atomic E-state index is -1.41. The van der Waals surface area contributed by atoms with Crippen LogP contribution in [0.4, 0.5) is 0 Å². The summed E-state index contributed by atoms with van der Waals surface area (Å²) in [5, 5.41) is 9.35. The van der Waals surface area contributed by atoms with Gasteiger partial charge < -0.3 is 23.5 Å². The molecule has 0 radical (unpaired) electrons. The fraction of sp³-hybridized carbons (Fsp3) is 0.410. The lowest BCUT2D eigenvalue weighted by Gasteiger charge is -2.47. The van der Waals surface area contributed by atoms with Crippen molar-refractivity contribution in [2.75, 3.05) is 40.5 Å². The number of aromatic nitrogens is 2. The quantitative estimate of drug-likeness (QED) is 0.0828. The van der Waals surface area contributed by atoms with E-state index in [9.17, 15) is 14.9 Å². The number of H-pyrrole nitrogens is 1. The molecule has 0 saturated carbocycles. The summed E-state index contributed by atoms with van der Waals surface area (Å²) >= 11 is 0. The molecule has 276 valence electrons. The first-order chi connectivity index (χ1) is 25.1. The van der Waals surface area contributed by atoms with Crippen LogP contribution in [0.25, 0.3) is 0 Å². The summed E-state index contributed by atoms with van der Waals surface area (Å²) < 4.78 is 37.3. The third-order valence-corrected chi connectivity index (χ3v) is 11.4. The Morgan fingerprint density at radius 3 is 1.98 bits per heavy atom. The number of morpholine rings is 1. The van der Waals surface area contributed by atoms with Crippen LogP contribution in [0.3, 0.4) is 0 Å². The fourth-order valence-corrected chi connectivity index (χ4v) is 8.82. The van der Waals surface area contributed by atoms with Crippen molar-refractivity contribution in [1.29, 1.82) is 5.26 Å². The topological polar surface area (TPSA) is 131 Å². The highest BCUT2D eigenvalue weighted by Crippen LogP contribution is 2.51. The summed E-state index contributed by atoms with van der Waals surface area (Å²) in [5.41, 5.74) is 0.490. The molecule has 0 spiro atoms. The molecule has 1 fully saturated rings. The predicted octanol–water partition coefficient (Wildman–Crippen LogP) is 6.04. The van der Waals surface area contributed by atoms with Crippen LogP contribution in [-0.2, 0) is 19.6 Å². The molecule has 52 heavy (non-hydrogen) atoms. The van der Waals surface area contributed by atoms with Gasteiger partial charge in [0, 0.05) is 30.9 Å². The molecule has 0 amide bonds. The van der Waals surface area contributed by atoms with Gasteiger partial charge >= 0.3 is 5.69 Å². The summed E-state index contributed by atoms with van der Waals surface area (Å²) in [7, 11) is 1.86. The van der Waals surface area contributed by atoms with Crippen LogP contribution in [0.15, 0.2) is 101 Å². The van der Waals surface area contributed by atoms with Gasteiger partial charge in [0.25, 0.3) is 5.56 Å². The van der Waals surface area contributed by atoms with Crippen LogP contribution in [0.2, 0.25) is 0 Å². The zero-order valence-electron chi connectivity index (χ0n) is 30.6. The van der Waals surface area contributed by atoms with E-state index in [4.69, 9.17) is 23.5 Å². The number of hydrogen-bond acceptors (Lipinski definition) is 10. The minimum absolute atomic E-state index is 0.114. The third kappa shape index (κ3) is 8.81. The summed E-state index contributed by atoms with van der Waals surface area (Å²) in [5.74, 6) is 1.43. The van der Waals surface area contributed by atoms with Gasteiger partial charge in [-0.1, -0.05) is 54.6 Å². The number of rotatable bonds is 16. The first-order valence-corrected chi connectivity index (χ1v) is 18.6. The van der Waals surface area contributed by atoms with E-state index in [0.29, 0.717) is 24.6 Å². The van der Waals surface area contributed by atoms with E-state index in [1.165, 1.54) is 16.8 Å². The lowest BCUT2D eigenvalue weighted by atomic mass is 9.80. The van der Waals surface area contributed by atoms with E-state index in [2.05, 4.69) is 48.1 Å². The Morgan fingerprint density at radius 1 is 0.885 bits per heavy atom. The van der Waals surface area contributed by atoms with E-state index in [1.54, 1.807) is 14.2 Å². The number of ether oxygens (including phenoxy) is 4. The Kier molecular flexibility index (Phi) is 13.4. The standard InChI is InChI=1S/C39H48N5O7P/c1-28(2)44(29(3)4)52(50-24-10-22-40)42-25-35(51-37(26-42)43-23-21-36(45)41-38(43)46)27-49-39(30-11-8-7-9-12-30,31-13-17-33(47-5)18-14-31)32-15-19-34(48-6)20-16-32/h7-9,11-21,23,28-29,35,37H,10,24-27H2,1-6H3,(H,41,45,46). The Morgan fingerprint density at radius 2 is 1.46 bits per heavy atom. The molecule has 1 aliphatic rings. The molecule has 1 saturated heterocycles. The molecule has 1 aliphatic heterocycles. The van der Waals surface area contributed by atoms with Gasteiger partial charge in [-0.15, -0.1) is 0 Å². The van der Waals surface area contributed by atoms with Crippen molar-refractivity contribution < 1.29 is 23.5 Å². The highest BCUT2D eigenvalue weighted by molar-refractivity contribution is 7.47. The van der Waals surface area contributed by atoms with Crippen LogP contribution in [-0.4, -0.2) is 77.6 Å². The summed E-state index contributed by atoms with van der Waals surface area (Å²) in [4.78, 5) is 27.6. The molecule has 5 rings (SSSR count). The molecule has 1 N–H and O–H groups in total. The van der Waals surface area contributed by atoms with Crippen LogP contribution in [0.1, 0.15) is 57.0 Å². The van der Waals surface area contributed by atoms with E-state index < -0.39 is 37.6 Å². The lowest BCUT2D eigenvalue weighted by Crippen LogP contribution is -2.51. The highest BCUT2D eigenvalue weighted by atomic mass is 31.2. The zero-order valence-corrected chi connectivity index (χ0v) is 31.5. The fourth-order valence-electron chi connectivity index (χ4n) is 6.59. The Balaban J connectivity index is 1.60. The van der Waals surface area contributed by atoms with E-state index in [-0.39, 0.29) is 31.7 Å². The third-order valence-electron chi connectivity index (χ3n) is 8.87. The van der Waals surface area contributed by atoms with Crippen LogP contribution >= 0.6 is 8.45 Å². The van der Waals surface area contributed by atoms with Crippen LogP contribution in [0, 0.1) is 11.3 Å². The predicted molar refractivity (Wildman–Crippen MR) is 200 cm³/mol. The van der Waals surface area contributed by atoms with E-state index in [0.717, 1.165) is 16.7 Å². The number of nitrogens with one attached hydrogen (secondary N) is 1. The maximum Gasteiger partial charge on any atom is 0.330 e. The summed E-state index contributed by atoms with van der Waals surface area (Å²) in [6, 6.07) is 29.4. The molecule has 2 heterocycles. The average molecular weight is 730 g/mol. The van der Waals surface area contributed by atoms with Crippen molar-refractivity contribution >= 4 is 8.45 Å². The van der Waals surface area contributed by atoms with Gasteiger partial charge in [0.1, 0.15) is 17.1 Å². The molecule has 13 heteroatoms.